The van der Waals surface area contributed by atoms with Gasteiger partial charge >= 0.3 is 5.69 Å². The fraction of sp³-hybridized carbons (Fsp3) is 0.320. The monoisotopic (exact) mass is 459 g/mol. The molecular weight excluding hydrogens is 434 g/mol. The van der Waals surface area contributed by atoms with E-state index >= 15 is 0 Å². The average Bonchev–Trinajstić information content (AvgIpc) is 3.31. The first-order chi connectivity index (χ1) is 16.5. The Labute approximate surface area is 196 Å². The molecule has 0 saturated heterocycles. The molecule has 2 aromatic carbocycles. The normalized spacial score (nSPS) is 14.8. The molecule has 34 heavy (non-hydrogen) atoms. The molecule has 0 atom stereocenters. The molecule has 2 aliphatic rings. The van der Waals surface area contributed by atoms with E-state index in [0.717, 1.165) is 30.7 Å². The summed E-state index contributed by atoms with van der Waals surface area (Å²) in [5.41, 5.74) is 1.62. The van der Waals surface area contributed by atoms with Crippen LogP contribution in [0.3, 0.4) is 0 Å². The van der Waals surface area contributed by atoms with Crippen molar-refractivity contribution in [3.8, 4) is 0 Å². The molecule has 5 rings (SSSR count). The lowest BCUT2D eigenvalue weighted by Crippen LogP contribution is -2.29. The second-order valence-corrected chi connectivity index (χ2v) is 8.58. The molecule has 0 radical (unpaired) electrons. The summed E-state index contributed by atoms with van der Waals surface area (Å²) in [7, 11) is 0. The zero-order valence-electron chi connectivity index (χ0n) is 18.7. The number of nitrogens with zero attached hydrogens (tertiary/aromatic N) is 4. The molecule has 0 spiro atoms. The summed E-state index contributed by atoms with van der Waals surface area (Å²) < 4.78 is 3.19. The Morgan fingerprint density at radius 3 is 2.56 bits per heavy atom. The van der Waals surface area contributed by atoms with Crippen LogP contribution in [0.4, 0.5) is 0 Å². The minimum atomic E-state index is -0.401. The van der Waals surface area contributed by atoms with Crippen molar-refractivity contribution < 1.29 is 14.4 Å². The van der Waals surface area contributed by atoms with E-state index in [-0.39, 0.29) is 29.6 Å². The molecular formula is C25H25N5O4. The Balaban J connectivity index is 1.19. The number of amides is 3. The zero-order valence-corrected chi connectivity index (χ0v) is 18.7. The van der Waals surface area contributed by atoms with Gasteiger partial charge < -0.3 is 5.32 Å². The minimum absolute atomic E-state index is 0.0946. The second kappa shape index (κ2) is 9.09. The number of benzene rings is 2. The van der Waals surface area contributed by atoms with Gasteiger partial charge in [-0.15, -0.1) is 0 Å². The van der Waals surface area contributed by atoms with Crippen LogP contribution in [0, 0.1) is 0 Å². The van der Waals surface area contributed by atoms with Crippen molar-refractivity contribution in [1.29, 1.82) is 0 Å². The highest BCUT2D eigenvalue weighted by atomic mass is 16.2. The number of nitrogens with one attached hydrogen (secondary N) is 1. The highest BCUT2D eigenvalue weighted by Gasteiger charge is 2.36. The highest BCUT2D eigenvalue weighted by Crippen LogP contribution is 2.25. The number of hydrogen-bond acceptors (Lipinski definition) is 5. The summed E-state index contributed by atoms with van der Waals surface area (Å²) in [6, 6.07) is 13.9. The molecule has 0 aliphatic carbocycles. The van der Waals surface area contributed by atoms with Crippen molar-refractivity contribution in [1.82, 2.24) is 24.6 Å². The third-order valence-corrected chi connectivity index (χ3v) is 6.28. The molecule has 0 fully saturated rings. The van der Waals surface area contributed by atoms with Crippen molar-refractivity contribution in [2.45, 2.75) is 45.3 Å². The molecule has 174 valence electrons. The van der Waals surface area contributed by atoms with E-state index in [2.05, 4.69) is 10.4 Å². The van der Waals surface area contributed by atoms with Gasteiger partial charge in [0.05, 0.1) is 17.7 Å². The van der Waals surface area contributed by atoms with Crippen LogP contribution in [-0.4, -0.2) is 43.5 Å². The van der Waals surface area contributed by atoms with E-state index in [1.165, 1.54) is 21.7 Å². The molecule has 0 unspecified atom stereocenters. The van der Waals surface area contributed by atoms with Crippen LogP contribution in [0.25, 0.3) is 0 Å². The third kappa shape index (κ3) is 4.05. The van der Waals surface area contributed by atoms with Gasteiger partial charge in [-0.1, -0.05) is 30.3 Å². The van der Waals surface area contributed by atoms with E-state index in [9.17, 15) is 19.2 Å². The van der Waals surface area contributed by atoms with Crippen LogP contribution in [-0.2, 0) is 26.1 Å². The maximum absolute atomic E-state index is 12.9. The Morgan fingerprint density at radius 2 is 1.76 bits per heavy atom. The lowest BCUT2D eigenvalue weighted by Gasteiger charge is -2.13. The quantitative estimate of drug-likeness (QED) is 0.430. The van der Waals surface area contributed by atoms with Crippen LogP contribution in [0.2, 0.25) is 0 Å². The van der Waals surface area contributed by atoms with Crippen LogP contribution in [0.1, 0.15) is 61.7 Å². The second-order valence-electron chi connectivity index (χ2n) is 8.58. The summed E-state index contributed by atoms with van der Waals surface area (Å²) in [5.74, 6) is -0.259. The van der Waals surface area contributed by atoms with Gasteiger partial charge in [-0.05, 0) is 43.0 Å². The van der Waals surface area contributed by atoms with Gasteiger partial charge in [0.25, 0.3) is 17.7 Å². The molecule has 3 amide bonds. The summed E-state index contributed by atoms with van der Waals surface area (Å²) in [5, 5.41) is 7.22. The molecule has 1 aromatic heterocycles. The maximum atomic E-state index is 12.9. The fourth-order valence-electron chi connectivity index (χ4n) is 4.47. The lowest BCUT2D eigenvalue weighted by atomic mass is 10.1. The number of imide groups is 1. The largest absolute Gasteiger partial charge is 0.352 e. The maximum Gasteiger partial charge on any atom is 0.345 e. The smallest absolute Gasteiger partial charge is 0.345 e. The highest BCUT2D eigenvalue weighted by molar-refractivity contribution is 6.22. The SMILES string of the molecule is O=C(NCCCn1nc2n(c1=O)CCCC2)c1ccc2c(c1)C(=O)N(Cc1ccccc1)C2=O. The zero-order chi connectivity index (χ0) is 23.7. The number of fused-ring (bicyclic) bond motifs is 2. The number of hydrogen-bond donors (Lipinski definition) is 1. The van der Waals surface area contributed by atoms with E-state index in [1.54, 1.807) is 10.6 Å². The van der Waals surface area contributed by atoms with Crippen LogP contribution >= 0.6 is 0 Å². The molecule has 9 nitrogen and oxygen atoms in total. The predicted molar refractivity (Wildman–Crippen MR) is 123 cm³/mol. The Hall–Kier alpha value is -4.01. The average molecular weight is 460 g/mol. The van der Waals surface area contributed by atoms with Crippen molar-refractivity contribution >= 4 is 17.7 Å². The first-order valence-electron chi connectivity index (χ1n) is 11.5. The number of aromatic nitrogens is 3. The molecule has 0 bridgehead atoms. The molecule has 3 aromatic rings. The Kier molecular flexibility index (Phi) is 5.83. The predicted octanol–water partition coefficient (Wildman–Crippen LogP) is 2.00. The Bertz CT molecular complexity index is 1320. The van der Waals surface area contributed by atoms with E-state index < -0.39 is 5.91 Å². The molecule has 2 aliphatic heterocycles. The van der Waals surface area contributed by atoms with E-state index in [4.69, 9.17) is 0 Å². The number of carbonyl (C=O) groups is 3. The minimum Gasteiger partial charge on any atom is -0.352 e. The summed E-state index contributed by atoms with van der Waals surface area (Å²) >= 11 is 0. The first-order valence-corrected chi connectivity index (χ1v) is 11.5. The van der Waals surface area contributed by atoms with Crippen LogP contribution in [0.15, 0.2) is 53.3 Å². The van der Waals surface area contributed by atoms with Crippen molar-refractivity contribution in [3.63, 3.8) is 0 Å². The van der Waals surface area contributed by atoms with Gasteiger partial charge in [-0.3, -0.25) is 23.9 Å². The summed E-state index contributed by atoms with van der Waals surface area (Å²) in [4.78, 5) is 51.8. The number of aryl methyl sites for hydroxylation is 2. The lowest BCUT2D eigenvalue weighted by molar-refractivity contribution is 0.0642. The van der Waals surface area contributed by atoms with Crippen molar-refractivity contribution in [2.24, 2.45) is 0 Å². The van der Waals surface area contributed by atoms with Gasteiger partial charge in [0.1, 0.15) is 5.82 Å². The molecule has 9 heteroatoms. The van der Waals surface area contributed by atoms with Gasteiger partial charge in [-0.2, -0.15) is 5.10 Å². The van der Waals surface area contributed by atoms with Crippen LogP contribution in [0.5, 0.6) is 0 Å². The summed E-state index contributed by atoms with van der Waals surface area (Å²) in [6.07, 6.45) is 3.41. The molecule has 3 heterocycles. The standard InChI is InChI=1S/C25H25N5O4/c31-22(26-12-6-14-30-25(34)28-13-5-4-9-21(28)27-30)18-10-11-19-20(15-18)24(33)29(23(19)32)16-17-7-2-1-3-8-17/h1-3,7-8,10-11,15H,4-6,9,12-14,16H2,(H,26,31). The first kappa shape index (κ1) is 21.8. The van der Waals surface area contributed by atoms with Gasteiger partial charge in [0.2, 0.25) is 0 Å². The third-order valence-electron chi connectivity index (χ3n) is 6.28. The molecule has 1 N–H and O–H groups in total. The van der Waals surface area contributed by atoms with Gasteiger partial charge in [0, 0.05) is 31.6 Å². The number of carbonyl (C=O) groups excluding carboxylic acids is 3. The van der Waals surface area contributed by atoms with Crippen molar-refractivity contribution in [3.05, 3.63) is 87.1 Å². The van der Waals surface area contributed by atoms with Gasteiger partial charge in [0.15, 0.2) is 0 Å². The Morgan fingerprint density at radius 1 is 0.971 bits per heavy atom. The van der Waals surface area contributed by atoms with Gasteiger partial charge in [-0.25, -0.2) is 9.48 Å². The van der Waals surface area contributed by atoms with Crippen LogP contribution < -0.4 is 11.0 Å². The fourth-order valence-corrected chi connectivity index (χ4v) is 4.47. The van der Waals surface area contributed by atoms with E-state index in [0.29, 0.717) is 37.2 Å². The summed E-state index contributed by atoms with van der Waals surface area (Å²) in [6.45, 7) is 1.68. The number of rotatable bonds is 7. The van der Waals surface area contributed by atoms with Crippen molar-refractivity contribution in [2.75, 3.05) is 6.54 Å². The molecule has 0 saturated carbocycles. The topological polar surface area (TPSA) is 106 Å². The van der Waals surface area contributed by atoms with E-state index in [1.807, 2.05) is 30.3 Å².